The molecule has 0 aliphatic heterocycles. The number of aliphatic hydroxyl groups excluding tert-OH is 1. The van der Waals surface area contributed by atoms with Crippen molar-refractivity contribution in [2.24, 2.45) is 5.92 Å². The second-order valence-electron chi connectivity index (χ2n) is 7.50. The van der Waals surface area contributed by atoms with E-state index < -0.39 is 11.7 Å². The van der Waals surface area contributed by atoms with E-state index in [1.54, 1.807) is 18.2 Å². The zero-order valence-corrected chi connectivity index (χ0v) is 14.8. The fourth-order valence-electron chi connectivity index (χ4n) is 2.91. The lowest BCUT2D eigenvalue weighted by atomic mass is 9.87. The van der Waals surface area contributed by atoms with Gasteiger partial charge in [0.05, 0.1) is 17.5 Å². The first-order chi connectivity index (χ1) is 11.2. The Hall–Kier alpha value is -1.95. The lowest BCUT2D eigenvalue weighted by Gasteiger charge is -2.26. The first-order valence-electron chi connectivity index (χ1n) is 8.54. The van der Waals surface area contributed by atoms with E-state index in [1.165, 1.54) is 0 Å². The Balaban J connectivity index is 1.94. The molecule has 5 N–H and O–H groups in total. The van der Waals surface area contributed by atoms with E-state index in [0.717, 1.165) is 37.9 Å². The minimum atomic E-state index is -0.541. The molecule has 0 bridgehead atoms. The van der Waals surface area contributed by atoms with Crippen LogP contribution in [-0.2, 0) is 4.74 Å². The highest BCUT2D eigenvalue weighted by Gasteiger charge is 2.20. The number of nitrogens with one attached hydrogen (secondary N) is 2. The highest BCUT2D eigenvalue weighted by Crippen LogP contribution is 2.27. The summed E-state index contributed by atoms with van der Waals surface area (Å²) in [5, 5.41) is 15.8. The molecule has 1 aromatic rings. The summed E-state index contributed by atoms with van der Waals surface area (Å²) in [7, 11) is 0. The van der Waals surface area contributed by atoms with Gasteiger partial charge in [-0.2, -0.15) is 0 Å². The maximum atomic E-state index is 11.9. The molecule has 1 amide bonds. The Morgan fingerprint density at radius 3 is 2.79 bits per heavy atom. The third-order valence-electron chi connectivity index (χ3n) is 4.03. The minimum Gasteiger partial charge on any atom is -0.444 e. The molecule has 2 atom stereocenters. The fourth-order valence-corrected chi connectivity index (χ4v) is 2.91. The van der Waals surface area contributed by atoms with E-state index in [9.17, 15) is 9.90 Å². The van der Waals surface area contributed by atoms with Crippen molar-refractivity contribution in [2.75, 3.05) is 22.9 Å². The third-order valence-corrected chi connectivity index (χ3v) is 4.03. The summed E-state index contributed by atoms with van der Waals surface area (Å²) < 4.78 is 5.25. The fraction of sp³-hybridized carbons (Fsp3) is 0.611. The number of benzene rings is 1. The standard InChI is InChI=1S/C18H29N3O3/c1-18(2,3)24-17(23)21-13-7-8-15(19)16(10-13)20-11-12-5-4-6-14(22)9-12/h7-8,10,12,14,20,22H,4-6,9,11,19H2,1-3H3,(H,21,23). The van der Waals surface area contributed by atoms with Crippen molar-refractivity contribution in [2.45, 2.75) is 58.2 Å². The summed E-state index contributed by atoms with van der Waals surface area (Å²) in [6.07, 6.45) is 3.21. The largest absolute Gasteiger partial charge is 0.444 e. The number of anilines is 3. The molecular formula is C18H29N3O3. The second kappa shape index (κ2) is 7.75. The van der Waals surface area contributed by atoms with Crippen LogP contribution in [0.25, 0.3) is 0 Å². The molecule has 0 spiro atoms. The van der Waals surface area contributed by atoms with Crippen LogP contribution in [0.2, 0.25) is 0 Å². The van der Waals surface area contributed by atoms with Gasteiger partial charge in [0.2, 0.25) is 0 Å². The van der Waals surface area contributed by atoms with Crippen LogP contribution in [0.3, 0.4) is 0 Å². The molecule has 1 saturated carbocycles. The van der Waals surface area contributed by atoms with Crippen molar-refractivity contribution in [3.05, 3.63) is 18.2 Å². The molecule has 6 nitrogen and oxygen atoms in total. The van der Waals surface area contributed by atoms with Crippen molar-refractivity contribution >= 4 is 23.2 Å². The van der Waals surface area contributed by atoms with Crippen LogP contribution in [-0.4, -0.2) is 29.4 Å². The number of nitrogens with two attached hydrogens (primary N) is 1. The van der Waals surface area contributed by atoms with E-state index in [4.69, 9.17) is 10.5 Å². The Kier molecular flexibility index (Phi) is 5.94. The second-order valence-corrected chi connectivity index (χ2v) is 7.50. The molecule has 1 fully saturated rings. The molecule has 1 aromatic carbocycles. The zero-order chi connectivity index (χ0) is 17.7. The SMILES string of the molecule is CC(C)(C)OC(=O)Nc1ccc(N)c(NCC2CCCC(O)C2)c1. The number of hydrogen-bond donors (Lipinski definition) is 4. The Bertz CT molecular complexity index is 569. The van der Waals surface area contributed by atoms with Crippen LogP contribution in [0.1, 0.15) is 46.5 Å². The van der Waals surface area contributed by atoms with Gasteiger partial charge >= 0.3 is 6.09 Å². The van der Waals surface area contributed by atoms with Crippen LogP contribution in [0.4, 0.5) is 21.9 Å². The van der Waals surface area contributed by atoms with E-state index in [0.29, 0.717) is 17.3 Å². The van der Waals surface area contributed by atoms with Crippen molar-refractivity contribution in [1.82, 2.24) is 0 Å². The van der Waals surface area contributed by atoms with Gasteiger partial charge in [-0.25, -0.2) is 4.79 Å². The minimum absolute atomic E-state index is 0.192. The summed E-state index contributed by atoms with van der Waals surface area (Å²) in [5.74, 6) is 0.440. The Labute approximate surface area is 143 Å². The monoisotopic (exact) mass is 335 g/mol. The van der Waals surface area contributed by atoms with Crippen LogP contribution >= 0.6 is 0 Å². The highest BCUT2D eigenvalue weighted by molar-refractivity contribution is 5.87. The lowest BCUT2D eigenvalue weighted by molar-refractivity contribution is 0.0636. The molecule has 0 saturated heterocycles. The summed E-state index contributed by atoms with van der Waals surface area (Å²) in [6, 6.07) is 5.30. The smallest absolute Gasteiger partial charge is 0.412 e. The van der Waals surface area contributed by atoms with Gasteiger partial charge in [-0.15, -0.1) is 0 Å². The number of rotatable bonds is 4. The van der Waals surface area contributed by atoms with Crippen LogP contribution in [0, 0.1) is 5.92 Å². The molecule has 0 aromatic heterocycles. The number of nitrogen functional groups attached to an aromatic ring is 1. The van der Waals surface area contributed by atoms with Crippen LogP contribution in [0.15, 0.2) is 18.2 Å². The summed E-state index contributed by atoms with van der Waals surface area (Å²) in [5.41, 5.74) is 7.50. The topological polar surface area (TPSA) is 96.6 Å². The van der Waals surface area contributed by atoms with Gasteiger partial charge in [0.15, 0.2) is 0 Å². The summed E-state index contributed by atoms with van der Waals surface area (Å²) >= 11 is 0. The van der Waals surface area contributed by atoms with Crippen molar-refractivity contribution in [3.8, 4) is 0 Å². The number of carbonyl (C=O) groups is 1. The van der Waals surface area contributed by atoms with Crippen LogP contribution in [0.5, 0.6) is 0 Å². The maximum Gasteiger partial charge on any atom is 0.412 e. The molecule has 1 aliphatic rings. The predicted molar refractivity (Wildman–Crippen MR) is 97.2 cm³/mol. The van der Waals surface area contributed by atoms with Crippen LogP contribution < -0.4 is 16.4 Å². The molecule has 24 heavy (non-hydrogen) atoms. The van der Waals surface area contributed by atoms with Gasteiger partial charge in [-0.3, -0.25) is 5.32 Å². The predicted octanol–water partition coefficient (Wildman–Crippen LogP) is 3.58. The van der Waals surface area contributed by atoms with Crippen molar-refractivity contribution in [1.29, 1.82) is 0 Å². The Morgan fingerprint density at radius 1 is 1.38 bits per heavy atom. The molecule has 0 radical (unpaired) electrons. The van der Waals surface area contributed by atoms with E-state index in [2.05, 4.69) is 10.6 Å². The first-order valence-corrected chi connectivity index (χ1v) is 8.54. The number of ether oxygens (including phenoxy) is 1. The quantitative estimate of drug-likeness (QED) is 0.631. The molecule has 1 aliphatic carbocycles. The van der Waals surface area contributed by atoms with E-state index >= 15 is 0 Å². The van der Waals surface area contributed by atoms with Gasteiger partial charge in [-0.1, -0.05) is 6.42 Å². The van der Waals surface area contributed by atoms with E-state index in [-0.39, 0.29) is 6.10 Å². The average molecular weight is 335 g/mol. The summed E-state index contributed by atoms with van der Waals surface area (Å²) in [6.45, 7) is 6.22. The first kappa shape index (κ1) is 18.4. The number of amides is 1. The van der Waals surface area contributed by atoms with Gasteiger partial charge in [0.25, 0.3) is 0 Å². The van der Waals surface area contributed by atoms with Gasteiger partial charge in [0.1, 0.15) is 5.60 Å². The maximum absolute atomic E-state index is 11.9. The molecule has 6 heteroatoms. The van der Waals surface area contributed by atoms with Crippen molar-refractivity contribution < 1.29 is 14.6 Å². The molecule has 2 rings (SSSR count). The van der Waals surface area contributed by atoms with E-state index in [1.807, 2.05) is 20.8 Å². The summed E-state index contributed by atoms with van der Waals surface area (Å²) in [4.78, 5) is 11.9. The van der Waals surface area contributed by atoms with Gasteiger partial charge < -0.3 is 20.9 Å². The van der Waals surface area contributed by atoms with Gasteiger partial charge in [0, 0.05) is 12.2 Å². The van der Waals surface area contributed by atoms with Crippen molar-refractivity contribution in [3.63, 3.8) is 0 Å². The normalized spacial score (nSPS) is 21.2. The Morgan fingerprint density at radius 2 is 2.12 bits per heavy atom. The molecular weight excluding hydrogens is 306 g/mol. The average Bonchev–Trinajstić information content (AvgIpc) is 2.46. The molecule has 134 valence electrons. The molecule has 2 unspecified atom stereocenters. The van der Waals surface area contributed by atoms with Gasteiger partial charge in [-0.05, 0) is 64.2 Å². The number of carbonyl (C=O) groups excluding carboxylic acids is 1. The highest BCUT2D eigenvalue weighted by atomic mass is 16.6. The zero-order valence-electron chi connectivity index (χ0n) is 14.8. The number of aliphatic hydroxyl groups is 1. The third kappa shape index (κ3) is 5.92. The lowest BCUT2D eigenvalue weighted by Crippen LogP contribution is -2.27. The molecule has 0 heterocycles. The number of hydrogen-bond acceptors (Lipinski definition) is 5.